The quantitative estimate of drug-likeness (QED) is 0.585. The monoisotopic (exact) mass is 216 g/mol. The number of ether oxygens (including phenoxy) is 2. The van der Waals surface area contributed by atoms with Gasteiger partial charge in [-0.2, -0.15) is 0 Å². The summed E-state index contributed by atoms with van der Waals surface area (Å²) in [4.78, 5) is 11.1. The van der Waals surface area contributed by atoms with Gasteiger partial charge in [-0.25, -0.2) is 0 Å². The van der Waals surface area contributed by atoms with Crippen molar-refractivity contribution in [3.8, 4) is 0 Å². The summed E-state index contributed by atoms with van der Waals surface area (Å²) in [6.45, 7) is 10.2. The van der Waals surface area contributed by atoms with Gasteiger partial charge in [0.05, 0.1) is 6.61 Å². The van der Waals surface area contributed by atoms with Gasteiger partial charge in [0, 0.05) is 19.6 Å². The van der Waals surface area contributed by atoms with Crippen molar-refractivity contribution in [2.24, 2.45) is 11.8 Å². The Bertz CT molecular complexity index is 166. The van der Waals surface area contributed by atoms with Crippen molar-refractivity contribution in [1.82, 2.24) is 0 Å². The fraction of sp³-hybridized carbons (Fsp3) is 0.917. The molecule has 3 heteroatoms. The van der Waals surface area contributed by atoms with Gasteiger partial charge >= 0.3 is 5.97 Å². The molecule has 1 unspecified atom stereocenters. The van der Waals surface area contributed by atoms with E-state index in [-0.39, 0.29) is 5.97 Å². The molecule has 15 heavy (non-hydrogen) atoms. The Hall–Kier alpha value is -0.570. The molecule has 0 radical (unpaired) electrons. The van der Waals surface area contributed by atoms with E-state index >= 15 is 0 Å². The zero-order valence-electron chi connectivity index (χ0n) is 10.4. The SMILES string of the molecule is CCOC(=O)CCC(C)COCC(C)C. The lowest BCUT2D eigenvalue weighted by atomic mass is 10.1. The number of carbonyl (C=O) groups is 1. The number of esters is 1. The van der Waals surface area contributed by atoms with Crippen molar-refractivity contribution < 1.29 is 14.3 Å². The lowest BCUT2D eigenvalue weighted by Gasteiger charge is -2.12. The molecule has 0 fully saturated rings. The molecular formula is C12H24O3. The van der Waals surface area contributed by atoms with Gasteiger partial charge in [-0.3, -0.25) is 4.79 Å². The van der Waals surface area contributed by atoms with E-state index in [0.29, 0.717) is 24.9 Å². The fourth-order valence-electron chi connectivity index (χ4n) is 1.19. The minimum Gasteiger partial charge on any atom is -0.466 e. The van der Waals surface area contributed by atoms with Crippen LogP contribution in [0.15, 0.2) is 0 Å². The molecule has 0 amide bonds. The highest BCUT2D eigenvalue weighted by atomic mass is 16.5. The zero-order valence-corrected chi connectivity index (χ0v) is 10.4. The molecule has 0 heterocycles. The van der Waals surface area contributed by atoms with Crippen LogP contribution in [0.3, 0.4) is 0 Å². The highest BCUT2D eigenvalue weighted by Gasteiger charge is 2.07. The predicted octanol–water partition coefficient (Wildman–Crippen LogP) is 2.64. The highest BCUT2D eigenvalue weighted by Crippen LogP contribution is 2.07. The summed E-state index contributed by atoms with van der Waals surface area (Å²) in [6.07, 6.45) is 1.34. The smallest absolute Gasteiger partial charge is 0.305 e. The molecule has 3 nitrogen and oxygen atoms in total. The maximum absolute atomic E-state index is 11.1. The van der Waals surface area contributed by atoms with Crippen LogP contribution in [-0.2, 0) is 14.3 Å². The molecule has 0 aromatic rings. The Balaban J connectivity index is 3.40. The lowest BCUT2D eigenvalue weighted by molar-refractivity contribution is -0.143. The van der Waals surface area contributed by atoms with E-state index in [4.69, 9.17) is 9.47 Å². The molecule has 0 N–H and O–H groups in total. The highest BCUT2D eigenvalue weighted by molar-refractivity contribution is 5.69. The van der Waals surface area contributed by atoms with E-state index in [9.17, 15) is 4.79 Å². The van der Waals surface area contributed by atoms with Gasteiger partial charge in [0.25, 0.3) is 0 Å². The van der Waals surface area contributed by atoms with Crippen LogP contribution in [0, 0.1) is 11.8 Å². The van der Waals surface area contributed by atoms with Gasteiger partial charge in [-0.05, 0) is 25.2 Å². The van der Waals surface area contributed by atoms with Gasteiger partial charge in [0.1, 0.15) is 0 Å². The molecule has 0 spiro atoms. The number of hydrogen-bond donors (Lipinski definition) is 0. The van der Waals surface area contributed by atoms with E-state index in [2.05, 4.69) is 20.8 Å². The second kappa shape index (κ2) is 8.72. The van der Waals surface area contributed by atoms with Crippen LogP contribution in [0.4, 0.5) is 0 Å². The number of rotatable bonds is 8. The Kier molecular flexibility index (Phi) is 8.38. The molecule has 0 aromatic carbocycles. The van der Waals surface area contributed by atoms with Crippen molar-refractivity contribution in [3.05, 3.63) is 0 Å². The van der Waals surface area contributed by atoms with Crippen LogP contribution in [0.5, 0.6) is 0 Å². The fourth-order valence-corrected chi connectivity index (χ4v) is 1.19. The van der Waals surface area contributed by atoms with Gasteiger partial charge in [-0.1, -0.05) is 20.8 Å². The molecular weight excluding hydrogens is 192 g/mol. The first kappa shape index (κ1) is 14.4. The molecule has 0 aromatic heterocycles. The van der Waals surface area contributed by atoms with E-state index < -0.39 is 0 Å². The molecule has 0 aliphatic heterocycles. The maximum Gasteiger partial charge on any atom is 0.305 e. The van der Waals surface area contributed by atoms with Crippen LogP contribution < -0.4 is 0 Å². The Morgan fingerprint density at radius 2 is 1.87 bits per heavy atom. The van der Waals surface area contributed by atoms with Crippen LogP contribution in [0.25, 0.3) is 0 Å². The molecule has 0 saturated heterocycles. The molecule has 90 valence electrons. The first-order chi connectivity index (χ1) is 7.06. The molecule has 0 aliphatic rings. The first-order valence-corrected chi connectivity index (χ1v) is 5.79. The summed E-state index contributed by atoms with van der Waals surface area (Å²) in [6, 6.07) is 0. The standard InChI is InChI=1S/C12H24O3/c1-5-15-12(13)7-6-11(4)9-14-8-10(2)3/h10-11H,5-9H2,1-4H3. The van der Waals surface area contributed by atoms with Gasteiger partial charge in [0.2, 0.25) is 0 Å². The van der Waals surface area contributed by atoms with Crippen molar-refractivity contribution in [2.75, 3.05) is 19.8 Å². The van der Waals surface area contributed by atoms with Crippen LogP contribution in [0.2, 0.25) is 0 Å². The largest absolute Gasteiger partial charge is 0.466 e. The van der Waals surface area contributed by atoms with E-state index in [0.717, 1.165) is 19.6 Å². The molecule has 1 atom stereocenters. The van der Waals surface area contributed by atoms with Crippen LogP contribution >= 0.6 is 0 Å². The van der Waals surface area contributed by atoms with Gasteiger partial charge < -0.3 is 9.47 Å². The average Bonchev–Trinajstić information content (AvgIpc) is 2.14. The van der Waals surface area contributed by atoms with Crippen LogP contribution in [0.1, 0.15) is 40.5 Å². The topological polar surface area (TPSA) is 35.5 Å². The van der Waals surface area contributed by atoms with Crippen molar-refractivity contribution in [3.63, 3.8) is 0 Å². The minimum absolute atomic E-state index is 0.104. The number of hydrogen-bond acceptors (Lipinski definition) is 3. The van der Waals surface area contributed by atoms with E-state index in [1.54, 1.807) is 0 Å². The predicted molar refractivity (Wildman–Crippen MR) is 60.7 cm³/mol. The van der Waals surface area contributed by atoms with Gasteiger partial charge in [-0.15, -0.1) is 0 Å². The van der Waals surface area contributed by atoms with Crippen molar-refractivity contribution >= 4 is 5.97 Å². The van der Waals surface area contributed by atoms with Crippen molar-refractivity contribution in [1.29, 1.82) is 0 Å². The zero-order chi connectivity index (χ0) is 11.7. The second-order valence-corrected chi connectivity index (χ2v) is 4.38. The summed E-state index contributed by atoms with van der Waals surface area (Å²) in [5.74, 6) is 0.892. The Labute approximate surface area is 93.1 Å². The lowest BCUT2D eigenvalue weighted by Crippen LogP contribution is -2.12. The molecule has 0 bridgehead atoms. The maximum atomic E-state index is 11.1. The first-order valence-electron chi connectivity index (χ1n) is 5.79. The second-order valence-electron chi connectivity index (χ2n) is 4.38. The van der Waals surface area contributed by atoms with Crippen LogP contribution in [-0.4, -0.2) is 25.8 Å². The van der Waals surface area contributed by atoms with Gasteiger partial charge in [0.15, 0.2) is 0 Å². The third-order valence-electron chi connectivity index (χ3n) is 2.00. The van der Waals surface area contributed by atoms with Crippen molar-refractivity contribution in [2.45, 2.75) is 40.5 Å². The minimum atomic E-state index is -0.104. The molecule has 0 aliphatic carbocycles. The third kappa shape index (κ3) is 9.73. The molecule has 0 rings (SSSR count). The Morgan fingerprint density at radius 1 is 1.20 bits per heavy atom. The Morgan fingerprint density at radius 3 is 2.40 bits per heavy atom. The average molecular weight is 216 g/mol. The summed E-state index contributed by atoms with van der Waals surface area (Å²) in [5, 5.41) is 0. The molecule has 0 saturated carbocycles. The summed E-state index contributed by atoms with van der Waals surface area (Å²) >= 11 is 0. The van der Waals surface area contributed by atoms with E-state index in [1.165, 1.54) is 0 Å². The summed E-state index contributed by atoms with van der Waals surface area (Å²) < 4.78 is 10.4. The van der Waals surface area contributed by atoms with E-state index in [1.807, 2.05) is 6.92 Å². The number of carbonyl (C=O) groups excluding carboxylic acids is 1. The summed E-state index contributed by atoms with van der Waals surface area (Å²) in [5.41, 5.74) is 0. The normalized spacial score (nSPS) is 12.9. The summed E-state index contributed by atoms with van der Waals surface area (Å²) in [7, 11) is 0. The third-order valence-corrected chi connectivity index (χ3v) is 2.00.